The Morgan fingerprint density at radius 3 is 2.72 bits per heavy atom. The first kappa shape index (κ1) is 23.2. The molecule has 0 spiro atoms. The Morgan fingerprint density at radius 1 is 1.16 bits per heavy atom. The van der Waals surface area contributed by atoms with Crippen molar-refractivity contribution in [2.24, 2.45) is 0 Å². The van der Waals surface area contributed by atoms with Gasteiger partial charge in [0.1, 0.15) is 17.4 Å². The lowest BCUT2D eigenvalue weighted by Crippen LogP contribution is -2.24. The summed E-state index contributed by atoms with van der Waals surface area (Å²) in [6.07, 6.45) is 5.35. The number of methoxy groups -OCH3 is 1. The van der Waals surface area contributed by atoms with Gasteiger partial charge in [-0.2, -0.15) is 0 Å². The second kappa shape index (κ2) is 11.2. The number of halogens is 1. The van der Waals surface area contributed by atoms with Gasteiger partial charge in [-0.1, -0.05) is 37.6 Å². The molecule has 1 amide bonds. The van der Waals surface area contributed by atoms with Crippen molar-refractivity contribution in [3.63, 3.8) is 0 Å². The molecule has 0 saturated heterocycles. The van der Waals surface area contributed by atoms with Crippen molar-refractivity contribution >= 4 is 11.7 Å². The van der Waals surface area contributed by atoms with Crippen LogP contribution >= 0.6 is 0 Å². The molecule has 1 unspecified atom stereocenters. The number of hydrogen-bond acceptors (Lipinski definition) is 5. The molecule has 1 heterocycles. The number of carbonyl (C=O) groups excluding carboxylic acids is 1. The van der Waals surface area contributed by atoms with Crippen LogP contribution in [0.25, 0.3) is 11.3 Å². The van der Waals surface area contributed by atoms with Crippen LogP contribution < -0.4 is 15.4 Å². The zero-order valence-corrected chi connectivity index (χ0v) is 18.7. The van der Waals surface area contributed by atoms with Crippen LogP contribution in [0.5, 0.6) is 5.75 Å². The molecule has 7 heteroatoms. The second-order valence-electron chi connectivity index (χ2n) is 7.49. The van der Waals surface area contributed by atoms with Gasteiger partial charge < -0.3 is 15.4 Å². The predicted molar refractivity (Wildman–Crippen MR) is 124 cm³/mol. The fourth-order valence-corrected chi connectivity index (χ4v) is 3.57. The third-order valence-corrected chi connectivity index (χ3v) is 5.09. The fraction of sp³-hybridized carbons (Fsp3) is 0.320. The van der Waals surface area contributed by atoms with Crippen LogP contribution in [-0.4, -0.2) is 29.5 Å². The summed E-state index contributed by atoms with van der Waals surface area (Å²) in [5.74, 6) is 0.919. The monoisotopic (exact) mass is 436 g/mol. The van der Waals surface area contributed by atoms with Crippen LogP contribution in [0.1, 0.15) is 43.9 Å². The summed E-state index contributed by atoms with van der Waals surface area (Å²) in [7, 11) is 1.58. The first-order valence-electron chi connectivity index (χ1n) is 10.8. The first-order chi connectivity index (χ1) is 15.5. The van der Waals surface area contributed by atoms with Gasteiger partial charge in [0.25, 0.3) is 0 Å². The van der Waals surface area contributed by atoms with Crippen molar-refractivity contribution in [2.45, 2.75) is 39.2 Å². The molecular weight excluding hydrogens is 407 g/mol. The van der Waals surface area contributed by atoms with E-state index in [1.165, 1.54) is 6.07 Å². The Balaban J connectivity index is 1.84. The quantitative estimate of drug-likeness (QED) is 0.472. The van der Waals surface area contributed by atoms with Crippen LogP contribution in [-0.2, 0) is 11.2 Å². The number of hydrogen-bond donors (Lipinski definition) is 2. The van der Waals surface area contributed by atoms with Crippen LogP contribution in [0.15, 0.2) is 54.9 Å². The number of nitrogens with zero attached hydrogens (tertiary/aromatic N) is 2. The van der Waals surface area contributed by atoms with Crippen molar-refractivity contribution in [3.8, 4) is 17.0 Å². The molecule has 3 aromatic rings. The second-order valence-corrected chi connectivity index (χ2v) is 7.49. The van der Waals surface area contributed by atoms with Gasteiger partial charge in [-0.3, -0.25) is 9.78 Å². The van der Waals surface area contributed by atoms with E-state index in [0.717, 1.165) is 29.5 Å². The van der Waals surface area contributed by atoms with E-state index in [1.807, 2.05) is 31.2 Å². The van der Waals surface area contributed by atoms with Gasteiger partial charge in [0.15, 0.2) is 0 Å². The lowest BCUT2D eigenvalue weighted by Gasteiger charge is -2.19. The lowest BCUT2D eigenvalue weighted by molar-refractivity contribution is -0.120. The van der Waals surface area contributed by atoms with E-state index in [0.29, 0.717) is 23.8 Å². The largest absolute Gasteiger partial charge is 0.496 e. The summed E-state index contributed by atoms with van der Waals surface area (Å²) in [5, 5.41) is 6.19. The molecule has 1 atom stereocenters. The van der Waals surface area contributed by atoms with E-state index in [9.17, 15) is 9.18 Å². The summed E-state index contributed by atoms with van der Waals surface area (Å²) >= 11 is 0. The highest BCUT2D eigenvalue weighted by Crippen LogP contribution is 2.28. The number of rotatable bonds is 10. The highest BCUT2D eigenvalue weighted by Gasteiger charge is 2.14. The minimum absolute atomic E-state index is 0.0520. The van der Waals surface area contributed by atoms with Gasteiger partial charge in [-0.05, 0) is 37.1 Å². The molecule has 1 aromatic heterocycles. The van der Waals surface area contributed by atoms with E-state index in [1.54, 1.807) is 31.6 Å². The Labute approximate surface area is 188 Å². The van der Waals surface area contributed by atoms with Crippen LogP contribution in [0.4, 0.5) is 10.2 Å². The molecule has 32 heavy (non-hydrogen) atoms. The predicted octanol–water partition coefficient (Wildman–Crippen LogP) is 4.92. The van der Waals surface area contributed by atoms with Crippen LogP contribution in [0.3, 0.4) is 0 Å². The van der Waals surface area contributed by atoms with E-state index in [4.69, 9.17) is 9.72 Å². The van der Waals surface area contributed by atoms with Crippen molar-refractivity contribution in [3.05, 3.63) is 71.8 Å². The Hall–Kier alpha value is -3.48. The third kappa shape index (κ3) is 6.03. The fourth-order valence-electron chi connectivity index (χ4n) is 3.57. The van der Waals surface area contributed by atoms with Gasteiger partial charge in [-0.25, -0.2) is 9.37 Å². The van der Waals surface area contributed by atoms with Gasteiger partial charge in [0.2, 0.25) is 5.91 Å². The maximum atomic E-state index is 13.7. The summed E-state index contributed by atoms with van der Waals surface area (Å²) < 4.78 is 19.2. The smallest absolute Gasteiger partial charge is 0.224 e. The molecule has 6 nitrogen and oxygen atoms in total. The number of amides is 1. The summed E-state index contributed by atoms with van der Waals surface area (Å²) in [6, 6.07) is 12.2. The minimum Gasteiger partial charge on any atom is -0.496 e. The van der Waals surface area contributed by atoms with Gasteiger partial charge in [0.05, 0.1) is 37.7 Å². The van der Waals surface area contributed by atoms with Crippen molar-refractivity contribution in [1.29, 1.82) is 0 Å². The number of benzene rings is 2. The lowest BCUT2D eigenvalue weighted by atomic mass is 10.0. The Kier molecular flexibility index (Phi) is 8.14. The SMILES string of the molecule is CCCC(Nc1cncc(-c2ccc(CC(=O)NCC)c(OC)c2)n1)c1cccc(F)c1. The highest BCUT2D eigenvalue weighted by molar-refractivity contribution is 5.79. The van der Waals surface area contributed by atoms with Crippen LogP contribution in [0, 0.1) is 5.82 Å². The molecule has 168 valence electrons. The number of likely N-dealkylation sites (N-methyl/N-ethyl adjacent to an activating group) is 1. The summed E-state index contributed by atoms with van der Waals surface area (Å²) in [5.41, 5.74) is 3.18. The topological polar surface area (TPSA) is 76.1 Å². The molecule has 0 saturated carbocycles. The number of nitrogens with one attached hydrogen (secondary N) is 2. The molecule has 0 aliphatic rings. The molecule has 0 bridgehead atoms. The third-order valence-electron chi connectivity index (χ3n) is 5.09. The molecule has 3 rings (SSSR count). The standard InChI is InChI=1S/C25H29FN4O2/c1-4-7-21(17-8-6-9-20(26)12-17)29-24-16-27-15-22(30-24)18-10-11-19(23(13-18)32-3)14-25(31)28-5-2/h6,8-13,15-16,21H,4-5,7,14H2,1-3H3,(H,28,31)(H,29,30). The molecule has 0 radical (unpaired) electrons. The normalized spacial score (nSPS) is 11.6. The number of carbonyl (C=O) groups is 1. The summed E-state index contributed by atoms with van der Waals surface area (Å²) in [6.45, 7) is 4.56. The number of ether oxygens (including phenoxy) is 1. The molecule has 2 aromatic carbocycles. The zero-order valence-electron chi connectivity index (χ0n) is 18.7. The van der Waals surface area contributed by atoms with Crippen molar-refractivity contribution in [1.82, 2.24) is 15.3 Å². The minimum atomic E-state index is -0.259. The van der Waals surface area contributed by atoms with E-state index in [2.05, 4.69) is 22.5 Å². The van der Waals surface area contributed by atoms with Crippen molar-refractivity contribution in [2.75, 3.05) is 19.0 Å². The highest BCUT2D eigenvalue weighted by atomic mass is 19.1. The maximum absolute atomic E-state index is 13.7. The Bertz CT molecular complexity index is 1060. The molecule has 0 aliphatic carbocycles. The molecule has 0 aliphatic heterocycles. The van der Waals surface area contributed by atoms with Crippen LogP contribution in [0.2, 0.25) is 0 Å². The number of aromatic nitrogens is 2. The zero-order chi connectivity index (χ0) is 22.9. The van der Waals surface area contributed by atoms with Gasteiger partial charge in [0, 0.05) is 17.7 Å². The van der Waals surface area contributed by atoms with E-state index < -0.39 is 0 Å². The molecular formula is C25H29FN4O2. The van der Waals surface area contributed by atoms with Gasteiger partial charge in [-0.15, -0.1) is 0 Å². The maximum Gasteiger partial charge on any atom is 0.224 e. The number of anilines is 1. The molecule has 0 fully saturated rings. The average Bonchev–Trinajstić information content (AvgIpc) is 2.79. The van der Waals surface area contributed by atoms with E-state index in [-0.39, 0.29) is 24.2 Å². The summed E-state index contributed by atoms with van der Waals surface area (Å²) in [4.78, 5) is 21.0. The van der Waals surface area contributed by atoms with E-state index >= 15 is 0 Å². The average molecular weight is 437 g/mol. The first-order valence-corrected chi connectivity index (χ1v) is 10.8. The van der Waals surface area contributed by atoms with Gasteiger partial charge >= 0.3 is 0 Å². The van der Waals surface area contributed by atoms with Crippen molar-refractivity contribution < 1.29 is 13.9 Å². The molecule has 2 N–H and O–H groups in total. The Morgan fingerprint density at radius 2 is 2.00 bits per heavy atom.